The van der Waals surface area contributed by atoms with Gasteiger partial charge in [-0.15, -0.1) is 6.42 Å². The molecule has 1 rings (SSSR count). The summed E-state index contributed by atoms with van der Waals surface area (Å²) >= 11 is 0. The molecule has 0 aromatic rings. The fourth-order valence-corrected chi connectivity index (χ4v) is 2.10. The Bertz CT molecular complexity index is 296. The molecule has 0 spiro atoms. The molecule has 0 aliphatic carbocycles. The van der Waals surface area contributed by atoms with Crippen molar-refractivity contribution in [3.8, 4) is 12.3 Å². The van der Waals surface area contributed by atoms with E-state index in [9.17, 15) is 4.79 Å². The fraction of sp³-hybridized carbons (Fsp3) is 0.769. The Morgan fingerprint density at radius 2 is 2.06 bits per heavy atom. The first-order valence-electron chi connectivity index (χ1n) is 5.97. The predicted octanol–water partition coefficient (Wildman–Crippen LogP) is 1.29. The predicted molar refractivity (Wildman–Crippen MR) is 65.9 cm³/mol. The summed E-state index contributed by atoms with van der Waals surface area (Å²) in [4.78, 5) is 12.3. The van der Waals surface area contributed by atoms with Crippen molar-refractivity contribution in [2.45, 2.75) is 45.6 Å². The van der Waals surface area contributed by atoms with Crippen LogP contribution in [0.3, 0.4) is 0 Å². The summed E-state index contributed by atoms with van der Waals surface area (Å²) in [5.74, 6) is 2.72. The molecule has 1 saturated heterocycles. The second-order valence-electron chi connectivity index (χ2n) is 5.11. The van der Waals surface area contributed by atoms with Crippen LogP contribution in [-0.4, -0.2) is 24.5 Å². The average Bonchev–Trinajstić information content (AvgIpc) is 2.29. The Hall–Kier alpha value is -1.01. The molecule has 90 valence electrons. The highest BCUT2D eigenvalue weighted by atomic mass is 16.2. The molecule has 0 aromatic heterocycles. The van der Waals surface area contributed by atoms with Gasteiger partial charge in [0.15, 0.2) is 0 Å². The Kier molecular flexibility index (Phi) is 3.98. The number of nitrogens with one attached hydrogen (secondary N) is 2. The first kappa shape index (κ1) is 13.1. The van der Waals surface area contributed by atoms with Crippen LogP contribution in [0.4, 0.5) is 0 Å². The summed E-state index contributed by atoms with van der Waals surface area (Å²) in [5, 5.41) is 6.25. The van der Waals surface area contributed by atoms with Crippen molar-refractivity contribution >= 4 is 5.91 Å². The highest BCUT2D eigenvalue weighted by Crippen LogP contribution is 2.33. The summed E-state index contributed by atoms with van der Waals surface area (Å²) < 4.78 is 0. The van der Waals surface area contributed by atoms with Crippen molar-refractivity contribution in [1.82, 2.24) is 10.6 Å². The van der Waals surface area contributed by atoms with Crippen LogP contribution in [0.1, 0.15) is 40.0 Å². The fourth-order valence-electron chi connectivity index (χ4n) is 2.10. The second-order valence-corrected chi connectivity index (χ2v) is 5.11. The van der Waals surface area contributed by atoms with Gasteiger partial charge in [0.25, 0.3) is 0 Å². The van der Waals surface area contributed by atoms with E-state index in [1.807, 2.05) is 13.8 Å². The third-order valence-electron chi connectivity index (χ3n) is 3.51. The molecule has 0 bridgehead atoms. The van der Waals surface area contributed by atoms with Crippen molar-refractivity contribution < 1.29 is 4.79 Å². The van der Waals surface area contributed by atoms with Gasteiger partial charge in [-0.25, -0.2) is 0 Å². The first-order chi connectivity index (χ1) is 7.46. The van der Waals surface area contributed by atoms with Gasteiger partial charge in [-0.2, -0.15) is 0 Å². The van der Waals surface area contributed by atoms with Gasteiger partial charge < -0.3 is 10.6 Å². The molecule has 3 nitrogen and oxygen atoms in total. The lowest BCUT2D eigenvalue weighted by molar-refractivity contribution is -0.134. The normalized spacial score (nSPS) is 19.9. The molecule has 0 atom stereocenters. The van der Waals surface area contributed by atoms with Crippen LogP contribution in [0, 0.1) is 17.8 Å². The number of carbonyl (C=O) groups excluding carboxylic acids is 1. The maximum Gasteiger partial charge on any atom is 0.227 e. The quantitative estimate of drug-likeness (QED) is 0.707. The number of carbonyl (C=O) groups is 1. The van der Waals surface area contributed by atoms with E-state index in [1.165, 1.54) is 0 Å². The minimum atomic E-state index is -0.551. The van der Waals surface area contributed by atoms with E-state index in [0.29, 0.717) is 0 Å². The molecule has 0 aromatic carbocycles. The molecular weight excluding hydrogens is 200 g/mol. The molecule has 1 amide bonds. The molecule has 1 fully saturated rings. The Morgan fingerprint density at radius 3 is 2.50 bits per heavy atom. The van der Waals surface area contributed by atoms with Crippen LogP contribution in [0.2, 0.25) is 0 Å². The van der Waals surface area contributed by atoms with Crippen molar-refractivity contribution in [2.75, 3.05) is 13.1 Å². The van der Waals surface area contributed by atoms with Crippen molar-refractivity contribution in [1.29, 1.82) is 0 Å². The van der Waals surface area contributed by atoms with E-state index < -0.39 is 5.54 Å². The Balaban J connectivity index is 2.74. The zero-order valence-electron chi connectivity index (χ0n) is 10.5. The molecule has 0 saturated carbocycles. The van der Waals surface area contributed by atoms with Gasteiger partial charge in [0, 0.05) is 0 Å². The van der Waals surface area contributed by atoms with Crippen LogP contribution in [0.5, 0.6) is 0 Å². The Labute approximate surface area is 98.4 Å². The lowest BCUT2D eigenvalue weighted by Gasteiger charge is -2.37. The molecule has 0 radical (unpaired) electrons. The number of hydrogen-bond acceptors (Lipinski definition) is 2. The van der Waals surface area contributed by atoms with E-state index >= 15 is 0 Å². The van der Waals surface area contributed by atoms with Crippen molar-refractivity contribution in [2.24, 2.45) is 5.41 Å². The zero-order chi connectivity index (χ0) is 12.2. The van der Waals surface area contributed by atoms with E-state index in [4.69, 9.17) is 6.42 Å². The Morgan fingerprint density at radius 1 is 1.50 bits per heavy atom. The molecule has 16 heavy (non-hydrogen) atoms. The molecule has 3 heteroatoms. The van der Waals surface area contributed by atoms with Crippen molar-refractivity contribution in [3.63, 3.8) is 0 Å². The van der Waals surface area contributed by atoms with E-state index in [0.717, 1.165) is 32.4 Å². The number of piperidine rings is 1. The third-order valence-corrected chi connectivity index (χ3v) is 3.51. The van der Waals surface area contributed by atoms with Crippen LogP contribution in [-0.2, 0) is 4.79 Å². The minimum Gasteiger partial charge on any atom is -0.340 e. The number of rotatable bonds is 3. The minimum absolute atomic E-state index is 0.111. The standard InChI is InChI=1S/C13H22N2O/c1-5-12(3,4)15-11(16)13(6-2)7-9-14-10-8-13/h1,14H,6-10H2,2-4H3,(H,15,16). The van der Waals surface area contributed by atoms with Gasteiger partial charge >= 0.3 is 0 Å². The molecular formula is C13H22N2O. The SMILES string of the molecule is C#CC(C)(C)NC(=O)C1(CC)CCNCC1. The largest absolute Gasteiger partial charge is 0.340 e. The molecule has 0 unspecified atom stereocenters. The number of amides is 1. The highest BCUT2D eigenvalue weighted by Gasteiger charge is 2.39. The van der Waals surface area contributed by atoms with Gasteiger partial charge in [-0.1, -0.05) is 12.8 Å². The highest BCUT2D eigenvalue weighted by molar-refractivity contribution is 5.83. The van der Waals surface area contributed by atoms with Crippen LogP contribution in [0.15, 0.2) is 0 Å². The summed E-state index contributed by atoms with van der Waals surface area (Å²) in [7, 11) is 0. The van der Waals surface area contributed by atoms with Crippen LogP contribution >= 0.6 is 0 Å². The summed E-state index contributed by atoms with van der Waals surface area (Å²) in [5.41, 5.74) is -0.774. The summed E-state index contributed by atoms with van der Waals surface area (Å²) in [6, 6.07) is 0. The first-order valence-corrected chi connectivity index (χ1v) is 5.97. The molecule has 1 aliphatic rings. The monoisotopic (exact) mass is 222 g/mol. The zero-order valence-corrected chi connectivity index (χ0v) is 10.5. The van der Waals surface area contributed by atoms with E-state index in [2.05, 4.69) is 23.5 Å². The molecule has 2 N–H and O–H groups in total. The maximum absolute atomic E-state index is 12.3. The van der Waals surface area contributed by atoms with Gasteiger partial charge in [-0.3, -0.25) is 4.79 Å². The van der Waals surface area contributed by atoms with Crippen LogP contribution < -0.4 is 10.6 Å². The average molecular weight is 222 g/mol. The smallest absolute Gasteiger partial charge is 0.227 e. The topological polar surface area (TPSA) is 41.1 Å². The maximum atomic E-state index is 12.3. The van der Waals surface area contributed by atoms with Gasteiger partial charge in [-0.05, 0) is 46.2 Å². The van der Waals surface area contributed by atoms with Crippen LogP contribution in [0.25, 0.3) is 0 Å². The van der Waals surface area contributed by atoms with E-state index in [-0.39, 0.29) is 11.3 Å². The van der Waals surface area contributed by atoms with Gasteiger partial charge in [0.2, 0.25) is 5.91 Å². The van der Waals surface area contributed by atoms with E-state index in [1.54, 1.807) is 0 Å². The summed E-state index contributed by atoms with van der Waals surface area (Å²) in [6.45, 7) is 7.62. The van der Waals surface area contributed by atoms with Gasteiger partial charge in [0.05, 0.1) is 11.0 Å². The lowest BCUT2D eigenvalue weighted by atomic mass is 9.75. The van der Waals surface area contributed by atoms with Crippen molar-refractivity contribution in [3.05, 3.63) is 0 Å². The molecule has 1 heterocycles. The van der Waals surface area contributed by atoms with Gasteiger partial charge in [0.1, 0.15) is 0 Å². The lowest BCUT2D eigenvalue weighted by Crippen LogP contribution is -2.53. The second kappa shape index (κ2) is 4.88. The summed E-state index contributed by atoms with van der Waals surface area (Å²) in [6.07, 6.45) is 8.07. The number of hydrogen-bond donors (Lipinski definition) is 2. The third kappa shape index (κ3) is 2.76. The molecule has 1 aliphatic heterocycles. The number of terminal acetylenes is 1.